The number of hydrogen-bond acceptors (Lipinski definition) is 4. The quantitative estimate of drug-likeness (QED) is 0.669. The number of para-hydroxylation sites is 1. The van der Waals surface area contributed by atoms with Crippen molar-refractivity contribution in [2.45, 2.75) is 19.7 Å². The van der Waals surface area contributed by atoms with Gasteiger partial charge < -0.3 is 10.1 Å². The number of benzodiazepines with no additional fused rings is 1. The molecule has 0 saturated carbocycles. The van der Waals surface area contributed by atoms with Gasteiger partial charge in [-0.1, -0.05) is 60.7 Å². The summed E-state index contributed by atoms with van der Waals surface area (Å²) in [6, 6.07) is 20.7. The van der Waals surface area contributed by atoms with Gasteiger partial charge in [-0.15, -0.1) is 0 Å². The molecule has 0 radical (unpaired) electrons. The largest absolute Gasteiger partial charge is 0.445 e. The lowest BCUT2D eigenvalue weighted by Crippen LogP contribution is -2.42. The molecule has 0 aliphatic carbocycles. The zero-order valence-corrected chi connectivity index (χ0v) is 16.8. The van der Waals surface area contributed by atoms with Crippen LogP contribution in [0, 0.1) is 12.7 Å². The summed E-state index contributed by atoms with van der Waals surface area (Å²) in [7, 11) is 0. The highest BCUT2D eigenvalue weighted by molar-refractivity contribution is 6.20. The van der Waals surface area contributed by atoms with Gasteiger partial charge in [-0.05, 0) is 30.2 Å². The van der Waals surface area contributed by atoms with Gasteiger partial charge in [0.25, 0.3) is 5.91 Å². The summed E-state index contributed by atoms with van der Waals surface area (Å²) in [5.41, 5.74) is 3.19. The molecule has 1 atom stereocenters. The van der Waals surface area contributed by atoms with Gasteiger partial charge in [0.15, 0.2) is 0 Å². The highest BCUT2D eigenvalue weighted by Gasteiger charge is 2.29. The molecule has 2 N–H and O–H groups in total. The van der Waals surface area contributed by atoms with Crippen molar-refractivity contribution in [2.24, 2.45) is 4.99 Å². The standard InChI is InChI=1S/C24H20FN3O3/c1-15-8-7-12-18-20(15)27-23(29)22(26-21(18)17-11-5-6-13-19(17)25)28-24(30)31-14-16-9-3-2-4-10-16/h2-13,22H,14H2,1H3,(H,27,29)(H,28,30)/t22-/m1/s1. The van der Waals surface area contributed by atoms with E-state index in [-0.39, 0.29) is 17.9 Å². The Kier molecular flexibility index (Phi) is 5.75. The Morgan fingerprint density at radius 1 is 1.03 bits per heavy atom. The normalized spacial score (nSPS) is 15.2. The molecule has 0 saturated heterocycles. The van der Waals surface area contributed by atoms with Gasteiger partial charge in [-0.25, -0.2) is 14.2 Å². The van der Waals surface area contributed by atoms with Crippen molar-refractivity contribution in [2.75, 3.05) is 5.32 Å². The molecule has 31 heavy (non-hydrogen) atoms. The molecule has 3 aromatic rings. The molecule has 2 amide bonds. The number of nitrogens with zero attached hydrogens (tertiary/aromatic N) is 1. The van der Waals surface area contributed by atoms with E-state index in [1.165, 1.54) is 6.07 Å². The Morgan fingerprint density at radius 2 is 1.74 bits per heavy atom. The summed E-state index contributed by atoms with van der Waals surface area (Å²) >= 11 is 0. The second-order valence-corrected chi connectivity index (χ2v) is 7.05. The van der Waals surface area contributed by atoms with E-state index in [1.807, 2.05) is 43.3 Å². The van der Waals surface area contributed by atoms with E-state index in [2.05, 4.69) is 15.6 Å². The van der Waals surface area contributed by atoms with E-state index in [0.717, 1.165) is 11.1 Å². The Labute approximate surface area is 178 Å². The summed E-state index contributed by atoms with van der Waals surface area (Å²) in [5.74, 6) is -1.02. The van der Waals surface area contributed by atoms with E-state index >= 15 is 0 Å². The number of fused-ring (bicyclic) bond motifs is 1. The number of anilines is 1. The zero-order chi connectivity index (χ0) is 21.8. The molecular weight excluding hydrogens is 397 g/mol. The van der Waals surface area contributed by atoms with Crippen LogP contribution in [0.4, 0.5) is 14.9 Å². The maximum Gasteiger partial charge on any atom is 0.409 e. The lowest BCUT2D eigenvalue weighted by Gasteiger charge is -2.14. The molecule has 0 unspecified atom stereocenters. The number of amides is 2. The van der Waals surface area contributed by atoms with Gasteiger partial charge in [0.1, 0.15) is 12.4 Å². The lowest BCUT2D eigenvalue weighted by atomic mass is 9.98. The fourth-order valence-corrected chi connectivity index (χ4v) is 3.32. The molecule has 6 nitrogen and oxygen atoms in total. The van der Waals surface area contributed by atoms with Crippen LogP contribution < -0.4 is 10.6 Å². The monoisotopic (exact) mass is 417 g/mol. The summed E-state index contributed by atoms with van der Waals surface area (Å²) in [6.07, 6.45) is -2.09. The second kappa shape index (κ2) is 8.79. The van der Waals surface area contributed by atoms with Gasteiger partial charge in [-0.2, -0.15) is 0 Å². The third-order valence-electron chi connectivity index (χ3n) is 4.88. The fraction of sp³-hybridized carbons (Fsp3) is 0.125. The van der Waals surface area contributed by atoms with Crippen molar-refractivity contribution in [3.63, 3.8) is 0 Å². The number of alkyl carbamates (subject to hydrolysis) is 1. The van der Waals surface area contributed by atoms with Gasteiger partial charge in [-0.3, -0.25) is 10.1 Å². The van der Waals surface area contributed by atoms with Crippen LogP contribution in [0.3, 0.4) is 0 Å². The van der Waals surface area contributed by atoms with E-state index in [9.17, 15) is 14.0 Å². The second-order valence-electron chi connectivity index (χ2n) is 7.05. The average molecular weight is 417 g/mol. The zero-order valence-electron chi connectivity index (χ0n) is 16.8. The third kappa shape index (κ3) is 4.45. The number of carbonyl (C=O) groups is 2. The average Bonchev–Trinajstić information content (AvgIpc) is 2.91. The molecule has 3 aromatic carbocycles. The maximum atomic E-state index is 14.6. The lowest BCUT2D eigenvalue weighted by molar-refractivity contribution is -0.117. The Hall–Kier alpha value is -4.00. The van der Waals surface area contributed by atoms with E-state index in [0.29, 0.717) is 11.3 Å². The van der Waals surface area contributed by atoms with Crippen molar-refractivity contribution in [3.8, 4) is 0 Å². The minimum Gasteiger partial charge on any atom is -0.445 e. The number of aryl methyl sites for hydroxylation is 1. The summed E-state index contributed by atoms with van der Waals surface area (Å²) in [5, 5.41) is 5.26. The van der Waals surface area contributed by atoms with Crippen LogP contribution in [0.25, 0.3) is 0 Å². The molecular formula is C24H20FN3O3. The number of halogens is 1. The molecule has 0 bridgehead atoms. The summed E-state index contributed by atoms with van der Waals surface area (Å²) in [6.45, 7) is 1.88. The Bertz CT molecular complexity index is 1160. The number of nitrogens with one attached hydrogen (secondary N) is 2. The molecule has 7 heteroatoms. The van der Waals surface area contributed by atoms with Crippen LogP contribution in [0.15, 0.2) is 77.8 Å². The van der Waals surface area contributed by atoms with Gasteiger partial charge >= 0.3 is 6.09 Å². The Morgan fingerprint density at radius 3 is 2.52 bits per heavy atom. The third-order valence-corrected chi connectivity index (χ3v) is 4.88. The van der Waals surface area contributed by atoms with Crippen LogP contribution in [0.5, 0.6) is 0 Å². The van der Waals surface area contributed by atoms with Gasteiger partial charge in [0.05, 0.1) is 11.4 Å². The molecule has 1 aliphatic rings. The first-order valence-electron chi connectivity index (χ1n) is 9.73. The summed E-state index contributed by atoms with van der Waals surface area (Å²) in [4.78, 5) is 29.6. The Balaban J connectivity index is 1.65. The number of aliphatic imine (C=N–C) groups is 1. The minimum atomic E-state index is -1.29. The molecule has 1 aliphatic heterocycles. The number of benzene rings is 3. The van der Waals surface area contributed by atoms with Crippen molar-refractivity contribution in [1.82, 2.24) is 5.32 Å². The molecule has 156 valence electrons. The SMILES string of the molecule is Cc1cccc2c1NC(=O)[C@@H](NC(=O)OCc1ccccc1)N=C2c1ccccc1F. The van der Waals surface area contributed by atoms with Crippen molar-refractivity contribution in [1.29, 1.82) is 0 Å². The van der Waals surface area contributed by atoms with E-state index in [1.54, 1.807) is 30.3 Å². The fourth-order valence-electron chi connectivity index (χ4n) is 3.32. The highest BCUT2D eigenvalue weighted by atomic mass is 19.1. The highest BCUT2D eigenvalue weighted by Crippen LogP contribution is 2.28. The van der Waals surface area contributed by atoms with Gasteiger partial charge in [0, 0.05) is 11.1 Å². The first-order valence-corrected chi connectivity index (χ1v) is 9.73. The first kappa shape index (κ1) is 20.3. The number of rotatable bonds is 4. The van der Waals surface area contributed by atoms with Crippen molar-refractivity contribution >= 4 is 23.4 Å². The molecule has 0 spiro atoms. The van der Waals surface area contributed by atoms with Crippen LogP contribution in [0.1, 0.15) is 22.3 Å². The van der Waals surface area contributed by atoms with Crippen LogP contribution >= 0.6 is 0 Å². The predicted octanol–water partition coefficient (Wildman–Crippen LogP) is 4.18. The van der Waals surface area contributed by atoms with E-state index < -0.39 is 24.0 Å². The van der Waals surface area contributed by atoms with Crippen LogP contribution in [-0.2, 0) is 16.1 Å². The van der Waals surface area contributed by atoms with Crippen LogP contribution in [-0.4, -0.2) is 23.9 Å². The molecule has 0 aromatic heterocycles. The van der Waals surface area contributed by atoms with Crippen molar-refractivity contribution < 1.29 is 18.7 Å². The minimum absolute atomic E-state index is 0.0459. The smallest absolute Gasteiger partial charge is 0.409 e. The summed E-state index contributed by atoms with van der Waals surface area (Å²) < 4.78 is 19.8. The van der Waals surface area contributed by atoms with Gasteiger partial charge in [0.2, 0.25) is 6.17 Å². The van der Waals surface area contributed by atoms with Crippen molar-refractivity contribution in [3.05, 3.63) is 101 Å². The first-order chi connectivity index (χ1) is 15.0. The topological polar surface area (TPSA) is 79.8 Å². The number of hydrogen-bond donors (Lipinski definition) is 2. The maximum absolute atomic E-state index is 14.6. The molecule has 1 heterocycles. The molecule has 0 fully saturated rings. The number of ether oxygens (including phenoxy) is 1. The predicted molar refractivity (Wildman–Crippen MR) is 115 cm³/mol. The number of carbonyl (C=O) groups excluding carboxylic acids is 2. The van der Waals surface area contributed by atoms with E-state index in [4.69, 9.17) is 4.74 Å². The molecule has 4 rings (SSSR count). The van der Waals surface area contributed by atoms with Crippen LogP contribution in [0.2, 0.25) is 0 Å².